The van der Waals surface area contributed by atoms with Crippen LogP contribution < -0.4 is 16.0 Å². The topological polar surface area (TPSA) is 99.8 Å². The molecule has 3 amide bonds. The SMILES string of the molecule is C=CCC1(C(=O)NC(c2ccccc2)c2ccccc2)CC2OCC[C@H](NC(=O)C(C)NC)C(=O)N2C1. The van der Waals surface area contributed by atoms with Gasteiger partial charge in [-0.2, -0.15) is 0 Å². The summed E-state index contributed by atoms with van der Waals surface area (Å²) in [6, 6.07) is 18.2. The van der Waals surface area contributed by atoms with Crippen molar-refractivity contribution in [2.24, 2.45) is 5.41 Å². The van der Waals surface area contributed by atoms with Gasteiger partial charge in [-0.1, -0.05) is 66.7 Å². The van der Waals surface area contributed by atoms with Gasteiger partial charge in [-0.15, -0.1) is 6.58 Å². The monoisotopic (exact) mass is 504 g/mol. The van der Waals surface area contributed by atoms with Gasteiger partial charge in [-0.05, 0) is 31.5 Å². The zero-order valence-corrected chi connectivity index (χ0v) is 21.5. The van der Waals surface area contributed by atoms with Gasteiger partial charge in [0.15, 0.2) is 0 Å². The highest BCUT2D eigenvalue weighted by Crippen LogP contribution is 2.41. The van der Waals surface area contributed by atoms with Crippen molar-refractivity contribution in [1.82, 2.24) is 20.9 Å². The van der Waals surface area contributed by atoms with Crippen LogP contribution in [0.4, 0.5) is 0 Å². The van der Waals surface area contributed by atoms with Gasteiger partial charge in [-0.3, -0.25) is 14.4 Å². The number of nitrogens with one attached hydrogen (secondary N) is 3. The molecule has 2 aromatic carbocycles. The fraction of sp³-hybridized carbons (Fsp3) is 0.414. The van der Waals surface area contributed by atoms with Crippen molar-refractivity contribution >= 4 is 17.7 Å². The van der Waals surface area contributed by atoms with Gasteiger partial charge in [0.05, 0.1) is 24.1 Å². The lowest BCUT2D eigenvalue weighted by Gasteiger charge is -2.30. The average Bonchev–Trinajstić information content (AvgIpc) is 3.24. The number of ether oxygens (including phenoxy) is 1. The van der Waals surface area contributed by atoms with E-state index in [0.717, 1.165) is 11.1 Å². The van der Waals surface area contributed by atoms with Crippen molar-refractivity contribution in [1.29, 1.82) is 0 Å². The van der Waals surface area contributed by atoms with Crippen LogP contribution in [0.15, 0.2) is 73.3 Å². The first-order valence-corrected chi connectivity index (χ1v) is 12.8. The second-order valence-corrected chi connectivity index (χ2v) is 9.86. The lowest BCUT2D eigenvalue weighted by Crippen LogP contribution is -2.53. The van der Waals surface area contributed by atoms with Gasteiger partial charge in [0.25, 0.3) is 0 Å². The number of rotatable bonds is 9. The smallest absolute Gasteiger partial charge is 0.247 e. The molecule has 8 heteroatoms. The minimum Gasteiger partial charge on any atom is -0.358 e. The van der Waals surface area contributed by atoms with Crippen molar-refractivity contribution in [3.63, 3.8) is 0 Å². The summed E-state index contributed by atoms with van der Waals surface area (Å²) in [5.41, 5.74) is 1.04. The Kier molecular flexibility index (Phi) is 8.41. The van der Waals surface area contributed by atoms with Crippen molar-refractivity contribution in [2.45, 2.75) is 50.5 Å². The van der Waals surface area contributed by atoms with E-state index in [1.165, 1.54) is 0 Å². The van der Waals surface area contributed by atoms with Crippen LogP contribution in [0.5, 0.6) is 0 Å². The third-order valence-corrected chi connectivity index (χ3v) is 7.38. The van der Waals surface area contributed by atoms with Crippen LogP contribution in [0, 0.1) is 5.41 Å². The minimum atomic E-state index is -0.895. The lowest BCUT2D eigenvalue weighted by atomic mass is 9.81. The molecule has 4 atom stereocenters. The first kappa shape index (κ1) is 26.6. The molecule has 0 saturated carbocycles. The van der Waals surface area contributed by atoms with E-state index in [1.54, 1.807) is 24.9 Å². The molecular weight excluding hydrogens is 468 g/mol. The van der Waals surface area contributed by atoms with Gasteiger partial charge in [-0.25, -0.2) is 0 Å². The van der Waals surface area contributed by atoms with Crippen LogP contribution in [0.1, 0.15) is 43.4 Å². The highest BCUT2D eigenvalue weighted by molar-refractivity contribution is 5.91. The molecule has 3 N–H and O–H groups in total. The third-order valence-electron chi connectivity index (χ3n) is 7.38. The summed E-state index contributed by atoms with van der Waals surface area (Å²) in [6.07, 6.45) is 2.34. The van der Waals surface area contributed by atoms with E-state index in [9.17, 15) is 14.4 Å². The van der Waals surface area contributed by atoms with E-state index >= 15 is 0 Å². The molecule has 196 valence electrons. The van der Waals surface area contributed by atoms with Crippen molar-refractivity contribution in [2.75, 3.05) is 20.2 Å². The van der Waals surface area contributed by atoms with Crippen LogP contribution in [0.3, 0.4) is 0 Å². The van der Waals surface area contributed by atoms with Crippen LogP contribution >= 0.6 is 0 Å². The molecule has 8 nitrogen and oxygen atoms in total. The highest BCUT2D eigenvalue weighted by atomic mass is 16.5. The molecule has 2 aromatic rings. The molecule has 0 aliphatic carbocycles. The molecule has 0 spiro atoms. The van der Waals surface area contributed by atoms with Gasteiger partial charge in [0.2, 0.25) is 17.7 Å². The Hall–Kier alpha value is -3.49. The molecule has 0 radical (unpaired) electrons. The fourth-order valence-electron chi connectivity index (χ4n) is 5.13. The molecule has 3 unspecified atom stereocenters. The molecule has 37 heavy (non-hydrogen) atoms. The summed E-state index contributed by atoms with van der Waals surface area (Å²) in [5, 5.41) is 9.00. The summed E-state index contributed by atoms with van der Waals surface area (Å²) < 4.78 is 6.05. The van der Waals surface area contributed by atoms with Gasteiger partial charge >= 0.3 is 0 Å². The normalized spacial score (nSPS) is 24.2. The second kappa shape index (κ2) is 11.7. The van der Waals surface area contributed by atoms with Crippen LogP contribution in [-0.2, 0) is 19.1 Å². The fourth-order valence-corrected chi connectivity index (χ4v) is 5.13. The van der Waals surface area contributed by atoms with E-state index in [-0.39, 0.29) is 30.3 Å². The summed E-state index contributed by atoms with van der Waals surface area (Å²) in [4.78, 5) is 41.6. The van der Waals surface area contributed by atoms with Crippen LogP contribution in [-0.4, -0.2) is 61.1 Å². The number of carbonyl (C=O) groups is 3. The Bertz CT molecular complexity index is 1070. The van der Waals surface area contributed by atoms with E-state index in [2.05, 4.69) is 22.5 Å². The molecule has 2 saturated heterocycles. The molecule has 2 aliphatic heterocycles. The van der Waals surface area contributed by atoms with Crippen molar-refractivity contribution < 1.29 is 19.1 Å². The zero-order valence-electron chi connectivity index (χ0n) is 21.5. The summed E-state index contributed by atoms with van der Waals surface area (Å²) in [7, 11) is 1.69. The molecular formula is C29H36N4O4. The number of hydrogen-bond donors (Lipinski definition) is 3. The predicted molar refractivity (Wildman–Crippen MR) is 141 cm³/mol. The van der Waals surface area contributed by atoms with Gasteiger partial charge < -0.3 is 25.6 Å². The quantitative estimate of drug-likeness (QED) is 0.456. The number of benzene rings is 2. The molecule has 2 aliphatic rings. The number of nitrogens with zero attached hydrogens (tertiary/aromatic N) is 1. The highest BCUT2D eigenvalue weighted by Gasteiger charge is 2.53. The Morgan fingerprint density at radius 1 is 1.14 bits per heavy atom. The Morgan fingerprint density at radius 2 is 1.76 bits per heavy atom. The molecule has 2 fully saturated rings. The Balaban J connectivity index is 1.58. The van der Waals surface area contributed by atoms with E-state index < -0.39 is 23.7 Å². The van der Waals surface area contributed by atoms with E-state index in [4.69, 9.17) is 4.74 Å². The van der Waals surface area contributed by atoms with E-state index in [1.807, 2.05) is 60.7 Å². The maximum Gasteiger partial charge on any atom is 0.247 e. The zero-order chi connectivity index (χ0) is 26.4. The lowest BCUT2D eigenvalue weighted by molar-refractivity contribution is -0.141. The summed E-state index contributed by atoms with van der Waals surface area (Å²) in [5.74, 6) is -0.623. The van der Waals surface area contributed by atoms with Crippen LogP contribution in [0.25, 0.3) is 0 Å². The van der Waals surface area contributed by atoms with Crippen molar-refractivity contribution in [3.05, 3.63) is 84.4 Å². The standard InChI is InChI=1S/C29H36N4O4/c1-4-16-29(28(36)32-25(21-11-7-5-8-12-21)22-13-9-6-10-14-22)18-24-33(19-29)27(35)23(15-17-37-24)31-26(34)20(2)30-3/h4-14,20,23-25,30H,1,15-19H2,2-3H3,(H,31,34)(H,32,36)/t20?,23-,24?,29?/m0/s1. The molecule has 0 aromatic heterocycles. The van der Waals surface area contributed by atoms with Crippen molar-refractivity contribution in [3.8, 4) is 0 Å². The second-order valence-electron chi connectivity index (χ2n) is 9.86. The minimum absolute atomic E-state index is 0.154. The largest absolute Gasteiger partial charge is 0.358 e. The summed E-state index contributed by atoms with van der Waals surface area (Å²) >= 11 is 0. The first-order valence-electron chi connectivity index (χ1n) is 12.8. The number of fused-ring (bicyclic) bond motifs is 1. The Morgan fingerprint density at radius 3 is 2.32 bits per heavy atom. The maximum atomic E-state index is 14.0. The molecule has 2 heterocycles. The van der Waals surface area contributed by atoms with Gasteiger partial charge in [0.1, 0.15) is 12.3 Å². The Labute approximate surface area is 218 Å². The molecule has 0 bridgehead atoms. The number of hydrogen-bond acceptors (Lipinski definition) is 5. The average molecular weight is 505 g/mol. The number of allylic oxidation sites excluding steroid dienone is 1. The van der Waals surface area contributed by atoms with Gasteiger partial charge in [0, 0.05) is 19.4 Å². The summed E-state index contributed by atoms with van der Waals surface area (Å²) in [6.45, 7) is 6.14. The first-order chi connectivity index (χ1) is 17.9. The van der Waals surface area contributed by atoms with Crippen LogP contribution in [0.2, 0.25) is 0 Å². The third kappa shape index (κ3) is 5.76. The molecule has 4 rings (SSSR count). The number of amides is 3. The maximum absolute atomic E-state index is 14.0. The number of likely N-dealkylation sites (N-methyl/N-ethyl adjacent to an activating group) is 1. The van der Waals surface area contributed by atoms with E-state index in [0.29, 0.717) is 25.9 Å². The number of carbonyl (C=O) groups excluding carboxylic acids is 3. The predicted octanol–water partition coefficient (Wildman–Crippen LogP) is 2.53.